The van der Waals surface area contributed by atoms with Gasteiger partial charge in [0.05, 0.1) is 6.54 Å². The van der Waals surface area contributed by atoms with E-state index in [4.69, 9.17) is 0 Å². The number of hydrogen-bond acceptors (Lipinski definition) is 7. The number of aliphatic imine (C=N–C) groups is 1. The van der Waals surface area contributed by atoms with E-state index in [1.807, 2.05) is 23.2 Å². The van der Waals surface area contributed by atoms with E-state index >= 15 is 0 Å². The van der Waals surface area contributed by atoms with Gasteiger partial charge < -0.3 is 10.2 Å². The standard InChI is InChI=1S/C19H18N6OS/c26-19(25-6-2-1-3-7-25)18-24-15-16(21-11-22-17(15)27-18)23-14-5-4-12-9-20-10-13(12)8-14/h4-5,8,10-11H,1-3,6-7,9H2,(H,21,22,23). The maximum Gasteiger partial charge on any atom is 0.282 e. The van der Waals surface area contributed by atoms with Crippen LogP contribution in [0.15, 0.2) is 29.5 Å². The molecule has 1 aromatic carbocycles. The molecule has 1 N–H and O–H groups in total. The molecule has 2 aliphatic rings. The Balaban J connectivity index is 1.45. The molecule has 27 heavy (non-hydrogen) atoms. The number of hydrogen-bond donors (Lipinski definition) is 1. The normalized spacial score (nSPS) is 15.9. The van der Waals surface area contributed by atoms with Gasteiger partial charge in [0.1, 0.15) is 16.7 Å². The van der Waals surface area contributed by atoms with Crippen LogP contribution >= 0.6 is 11.3 Å². The first-order chi connectivity index (χ1) is 13.3. The van der Waals surface area contributed by atoms with Gasteiger partial charge in [-0.3, -0.25) is 9.79 Å². The third kappa shape index (κ3) is 3.06. The van der Waals surface area contributed by atoms with Gasteiger partial charge in [-0.25, -0.2) is 15.0 Å². The van der Waals surface area contributed by atoms with Crippen LogP contribution in [-0.2, 0) is 6.54 Å². The summed E-state index contributed by atoms with van der Waals surface area (Å²) < 4.78 is 0. The van der Waals surface area contributed by atoms with Gasteiger partial charge in [0.2, 0.25) is 0 Å². The van der Waals surface area contributed by atoms with Crippen LogP contribution in [0.2, 0.25) is 0 Å². The lowest BCUT2D eigenvalue weighted by Crippen LogP contribution is -2.35. The van der Waals surface area contributed by atoms with Crippen LogP contribution in [0.4, 0.5) is 11.5 Å². The maximum absolute atomic E-state index is 12.8. The SMILES string of the molecule is O=C(c1nc2c(Nc3ccc4c(c3)C=NC4)ncnc2s1)N1CCCCC1. The molecule has 136 valence electrons. The number of benzene rings is 1. The van der Waals surface area contributed by atoms with E-state index in [9.17, 15) is 4.79 Å². The molecular weight excluding hydrogens is 360 g/mol. The predicted molar refractivity (Wildman–Crippen MR) is 106 cm³/mol. The van der Waals surface area contributed by atoms with Crippen molar-refractivity contribution in [2.45, 2.75) is 25.8 Å². The van der Waals surface area contributed by atoms with Gasteiger partial charge in [-0.15, -0.1) is 0 Å². The Morgan fingerprint density at radius 1 is 1.15 bits per heavy atom. The molecule has 0 aliphatic carbocycles. The minimum atomic E-state index is -0.00241. The molecule has 3 aromatic rings. The Bertz CT molecular complexity index is 1050. The number of nitrogens with one attached hydrogen (secondary N) is 1. The molecule has 0 radical (unpaired) electrons. The fraction of sp³-hybridized carbons (Fsp3) is 0.316. The first-order valence-electron chi connectivity index (χ1n) is 9.08. The van der Waals surface area contributed by atoms with Crippen molar-refractivity contribution < 1.29 is 4.79 Å². The molecule has 8 heteroatoms. The Kier molecular flexibility index (Phi) is 4.05. The van der Waals surface area contributed by atoms with Crippen LogP contribution < -0.4 is 5.32 Å². The lowest BCUT2D eigenvalue weighted by molar-refractivity contribution is 0.0724. The summed E-state index contributed by atoms with van der Waals surface area (Å²) in [7, 11) is 0. The molecule has 0 saturated carbocycles. The molecule has 0 unspecified atom stereocenters. The Morgan fingerprint density at radius 3 is 2.93 bits per heavy atom. The molecule has 2 aromatic heterocycles. The third-order valence-electron chi connectivity index (χ3n) is 4.92. The third-order valence-corrected chi connectivity index (χ3v) is 5.87. The fourth-order valence-corrected chi connectivity index (χ4v) is 4.36. The first-order valence-corrected chi connectivity index (χ1v) is 9.90. The zero-order chi connectivity index (χ0) is 18.2. The molecule has 1 amide bonds. The highest BCUT2D eigenvalue weighted by Crippen LogP contribution is 2.29. The van der Waals surface area contributed by atoms with Gasteiger partial charge >= 0.3 is 0 Å². The topological polar surface area (TPSA) is 83.4 Å². The molecule has 0 bridgehead atoms. The van der Waals surface area contributed by atoms with Gasteiger partial charge in [0.25, 0.3) is 5.91 Å². The van der Waals surface area contributed by atoms with E-state index < -0.39 is 0 Å². The average Bonchev–Trinajstić information content (AvgIpc) is 3.35. The van der Waals surface area contributed by atoms with Crippen LogP contribution in [0.25, 0.3) is 10.3 Å². The van der Waals surface area contributed by atoms with Crippen molar-refractivity contribution in [2.75, 3.05) is 18.4 Å². The molecule has 0 atom stereocenters. The van der Waals surface area contributed by atoms with Crippen LogP contribution in [0, 0.1) is 0 Å². The number of nitrogens with zero attached hydrogens (tertiary/aromatic N) is 5. The highest BCUT2D eigenvalue weighted by Gasteiger charge is 2.23. The zero-order valence-corrected chi connectivity index (χ0v) is 15.5. The number of aromatic nitrogens is 3. The second-order valence-corrected chi connectivity index (χ2v) is 7.73. The highest BCUT2D eigenvalue weighted by atomic mass is 32.1. The van der Waals surface area contributed by atoms with Crippen molar-refractivity contribution in [1.82, 2.24) is 19.9 Å². The fourth-order valence-electron chi connectivity index (χ4n) is 3.49. The summed E-state index contributed by atoms with van der Waals surface area (Å²) in [5, 5.41) is 3.80. The first kappa shape index (κ1) is 16.3. The summed E-state index contributed by atoms with van der Waals surface area (Å²) >= 11 is 1.33. The number of carbonyl (C=O) groups excluding carboxylic acids is 1. The van der Waals surface area contributed by atoms with Crippen LogP contribution in [0.3, 0.4) is 0 Å². The largest absolute Gasteiger partial charge is 0.338 e. The number of piperidine rings is 1. The van der Waals surface area contributed by atoms with Gasteiger partial charge in [-0.05, 0) is 42.5 Å². The van der Waals surface area contributed by atoms with Crippen molar-refractivity contribution >= 4 is 45.3 Å². The number of likely N-dealkylation sites (tertiary alicyclic amines) is 1. The van der Waals surface area contributed by atoms with Crippen molar-refractivity contribution in [2.24, 2.45) is 4.99 Å². The number of amides is 1. The molecule has 0 spiro atoms. The summed E-state index contributed by atoms with van der Waals surface area (Å²) in [4.78, 5) is 32.9. The number of thiazole rings is 1. The maximum atomic E-state index is 12.8. The van der Waals surface area contributed by atoms with E-state index in [0.29, 0.717) is 16.3 Å². The van der Waals surface area contributed by atoms with Gasteiger partial charge in [0, 0.05) is 25.0 Å². The Labute approximate surface area is 160 Å². The Morgan fingerprint density at radius 2 is 2.04 bits per heavy atom. The Hall–Kier alpha value is -2.87. The van der Waals surface area contributed by atoms with Crippen LogP contribution in [0.5, 0.6) is 0 Å². The molecule has 7 nitrogen and oxygen atoms in total. The van der Waals surface area contributed by atoms with Gasteiger partial charge in [-0.1, -0.05) is 17.4 Å². The molecule has 1 fully saturated rings. The molecule has 1 saturated heterocycles. The molecular formula is C19H18N6OS. The van der Waals surface area contributed by atoms with Crippen LogP contribution in [-0.4, -0.2) is 45.1 Å². The molecule has 4 heterocycles. The predicted octanol–water partition coefficient (Wildman–Crippen LogP) is 3.39. The summed E-state index contributed by atoms with van der Waals surface area (Å²) in [6.45, 7) is 2.35. The van der Waals surface area contributed by atoms with E-state index in [1.54, 1.807) is 0 Å². The second kappa shape index (κ2) is 6.70. The van der Waals surface area contributed by atoms with Crippen molar-refractivity contribution in [3.8, 4) is 0 Å². The lowest BCUT2D eigenvalue weighted by Gasteiger charge is -2.25. The van der Waals surface area contributed by atoms with Crippen molar-refractivity contribution in [3.05, 3.63) is 40.7 Å². The molecule has 5 rings (SSSR count). The molecule has 2 aliphatic heterocycles. The van der Waals surface area contributed by atoms with E-state index in [1.165, 1.54) is 29.6 Å². The summed E-state index contributed by atoms with van der Waals surface area (Å²) in [5.41, 5.74) is 3.89. The van der Waals surface area contributed by atoms with Gasteiger partial charge in [-0.2, -0.15) is 0 Å². The summed E-state index contributed by atoms with van der Waals surface area (Å²) in [6, 6.07) is 6.12. The minimum Gasteiger partial charge on any atom is -0.338 e. The smallest absolute Gasteiger partial charge is 0.282 e. The zero-order valence-electron chi connectivity index (χ0n) is 14.7. The highest BCUT2D eigenvalue weighted by molar-refractivity contribution is 7.19. The van der Waals surface area contributed by atoms with E-state index in [2.05, 4.69) is 31.3 Å². The van der Waals surface area contributed by atoms with E-state index in [-0.39, 0.29) is 5.91 Å². The number of rotatable bonds is 3. The monoisotopic (exact) mass is 378 g/mol. The number of fused-ring (bicyclic) bond motifs is 2. The number of anilines is 2. The van der Waals surface area contributed by atoms with Gasteiger partial charge in [0.15, 0.2) is 10.8 Å². The van der Waals surface area contributed by atoms with E-state index in [0.717, 1.165) is 48.6 Å². The lowest BCUT2D eigenvalue weighted by atomic mass is 10.1. The second-order valence-electron chi connectivity index (χ2n) is 6.76. The average molecular weight is 378 g/mol. The summed E-state index contributed by atoms with van der Waals surface area (Å²) in [5.74, 6) is 0.612. The number of carbonyl (C=O) groups is 1. The summed E-state index contributed by atoms with van der Waals surface area (Å²) in [6.07, 6.45) is 6.70. The van der Waals surface area contributed by atoms with Crippen molar-refractivity contribution in [1.29, 1.82) is 0 Å². The minimum absolute atomic E-state index is 0.00241. The van der Waals surface area contributed by atoms with Crippen molar-refractivity contribution in [3.63, 3.8) is 0 Å². The quantitative estimate of drug-likeness (QED) is 0.755. The van der Waals surface area contributed by atoms with Crippen LogP contribution in [0.1, 0.15) is 40.2 Å².